The van der Waals surface area contributed by atoms with Gasteiger partial charge in [-0.2, -0.15) is 0 Å². The van der Waals surface area contributed by atoms with Gasteiger partial charge in [-0.15, -0.1) is 0 Å². The van der Waals surface area contributed by atoms with Crippen molar-refractivity contribution in [2.75, 3.05) is 26.1 Å². The van der Waals surface area contributed by atoms with Crippen LogP contribution >= 0.6 is 11.6 Å². The zero-order chi connectivity index (χ0) is 33.4. The number of anilines is 1. The molecule has 2 unspecified atom stereocenters. The number of nitrogens with one attached hydrogen (secondary N) is 3. The normalized spacial score (nSPS) is 16.9. The minimum absolute atomic E-state index is 0.0592. The topological polar surface area (TPSA) is 146 Å². The van der Waals surface area contributed by atoms with Crippen LogP contribution in [0, 0.1) is 0 Å². The lowest BCUT2D eigenvalue weighted by molar-refractivity contribution is -0.119. The van der Waals surface area contributed by atoms with Crippen molar-refractivity contribution in [3.05, 3.63) is 91.2 Å². The average molecular weight is 659 g/mol. The second-order valence-corrected chi connectivity index (χ2v) is 12.1. The highest BCUT2D eigenvalue weighted by Crippen LogP contribution is 2.45. The number of hydrogen-bond acceptors (Lipinski definition) is 8. The highest BCUT2D eigenvalue weighted by molar-refractivity contribution is 6.36. The number of carbonyl (C=O) groups excluding carboxylic acids is 2. The number of ether oxygens (including phenoxy) is 2. The Kier molecular flexibility index (Phi) is 8.89. The summed E-state index contributed by atoms with van der Waals surface area (Å²) in [6.07, 6.45) is 4.31. The van der Waals surface area contributed by atoms with Gasteiger partial charge < -0.3 is 30.0 Å². The number of halogens is 1. The van der Waals surface area contributed by atoms with Gasteiger partial charge in [0, 0.05) is 67.6 Å². The van der Waals surface area contributed by atoms with Gasteiger partial charge in [0.25, 0.3) is 11.5 Å². The second kappa shape index (κ2) is 13.0. The van der Waals surface area contributed by atoms with Gasteiger partial charge in [-0.05, 0) is 37.0 Å². The monoisotopic (exact) mass is 658 g/mol. The fourth-order valence-corrected chi connectivity index (χ4v) is 6.70. The van der Waals surface area contributed by atoms with Gasteiger partial charge in [0.05, 0.1) is 30.6 Å². The van der Waals surface area contributed by atoms with Gasteiger partial charge in [-0.25, -0.2) is 9.78 Å². The first-order valence-corrected chi connectivity index (χ1v) is 15.6. The minimum Gasteiger partial charge on any atom is -0.494 e. The predicted octanol–water partition coefficient (Wildman–Crippen LogP) is 3.59. The Bertz CT molecular complexity index is 2020. The van der Waals surface area contributed by atoms with E-state index < -0.39 is 17.2 Å². The summed E-state index contributed by atoms with van der Waals surface area (Å²) in [6.45, 7) is 0.678. The van der Waals surface area contributed by atoms with Gasteiger partial charge in [0.2, 0.25) is 11.8 Å². The zero-order valence-corrected chi connectivity index (χ0v) is 27.2. The lowest BCUT2D eigenvalue weighted by atomic mass is 9.98. The number of benzene rings is 2. The van der Waals surface area contributed by atoms with Crippen molar-refractivity contribution >= 4 is 29.1 Å². The van der Waals surface area contributed by atoms with Crippen molar-refractivity contribution in [1.82, 2.24) is 24.8 Å². The first-order valence-electron chi connectivity index (χ1n) is 15.3. The molecular formula is C34H35ClN6O6. The molecule has 47 heavy (non-hydrogen) atoms. The van der Waals surface area contributed by atoms with Crippen LogP contribution in [0.2, 0.25) is 5.02 Å². The first-order chi connectivity index (χ1) is 22.6. The first kappa shape index (κ1) is 32.0. The molecule has 1 aliphatic carbocycles. The minimum atomic E-state index is -0.710. The van der Waals surface area contributed by atoms with E-state index in [4.69, 9.17) is 26.1 Å². The SMILES string of the molecule is COc1nc(-c2cccc(-c3cccc(NC(=O)c4cn(C)c(=O)n(C)c4=O)c3OC)c2Cl)cc2c1C(NCC1CCC(=O)N1)CC2. The molecular weight excluding hydrogens is 624 g/mol. The maximum absolute atomic E-state index is 13.2. The Morgan fingerprint density at radius 3 is 2.49 bits per heavy atom. The maximum atomic E-state index is 13.2. The Morgan fingerprint density at radius 1 is 1.02 bits per heavy atom. The van der Waals surface area contributed by atoms with Gasteiger partial charge >= 0.3 is 5.69 Å². The van der Waals surface area contributed by atoms with Crippen molar-refractivity contribution in [3.63, 3.8) is 0 Å². The number of carbonyl (C=O) groups is 2. The standard InChI is InChI=1S/C34H35ClN6O6/c1-40-17-23(33(44)41(2)34(40)45)31(43)38-25-10-6-8-21(30(25)46-3)20-7-5-9-22(29(20)35)26-15-18-11-13-24(28(18)32(39-26)47-4)36-16-19-12-14-27(42)37-19/h5-10,15,17,19,24,36H,11-14,16H2,1-4H3,(H,37,42)(H,38,43). The largest absolute Gasteiger partial charge is 0.494 e. The van der Waals surface area contributed by atoms with Crippen LogP contribution in [0.4, 0.5) is 5.69 Å². The fraction of sp³-hybridized carbons (Fsp3) is 0.324. The van der Waals surface area contributed by atoms with Crippen LogP contribution in [0.15, 0.2) is 58.3 Å². The molecule has 2 aromatic heterocycles. The molecule has 12 nitrogen and oxygen atoms in total. The Hall–Kier alpha value is -4.94. The van der Waals surface area contributed by atoms with Crippen molar-refractivity contribution in [2.24, 2.45) is 14.1 Å². The van der Waals surface area contributed by atoms with Gasteiger partial charge in [0.1, 0.15) is 11.3 Å². The van der Waals surface area contributed by atoms with Crippen LogP contribution in [-0.4, -0.2) is 52.7 Å². The van der Waals surface area contributed by atoms with Crippen molar-refractivity contribution < 1.29 is 19.1 Å². The van der Waals surface area contributed by atoms with Gasteiger partial charge in [-0.3, -0.25) is 19.0 Å². The third-order valence-corrected chi connectivity index (χ3v) is 9.18. The molecule has 2 aromatic carbocycles. The summed E-state index contributed by atoms with van der Waals surface area (Å²) < 4.78 is 13.6. The van der Waals surface area contributed by atoms with Crippen LogP contribution < -0.4 is 36.7 Å². The molecule has 1 saturated heterocycles. The molecule has 0 spiro atoms. The lowest BCUT2D eigenvalue weighted by Gasteiger charge is -2.20. The molecule has 244 valence electrons. The van der Waals surface area contributed by atoms with E-state index in [1.54, 1.807) is 19.2 Å². The van der Waals surface area contributed by atoms with Crippen LogP contribution in [0.25, 0.3) is 22.4 Å². The van der Waals surface area contributed by atoms with E-state index in [0.29, 0.717) is 57.7 Å². The van der Waals surface area contributed by atoms with Crippen LogP contribution in [-0.2, 0) is 25.3 Å². The Labute approximate surface area is 275 Å². The molecule has 6 rings (SSSR count). The summed E-state index contributed by atoms with van der Waals surface area (Å²) >= 11 is 7.09. The number of hydrogen-bond donors (Lipinski definition) is 3. The van der Waals surface area contributed by atoms with Gasteiger partial charge in [-0.1, -0.05) is 41.9 Å². The van der Waals surface area contributed by atoms with E-state index >= 15 is 0 Å². The number of amides is 2. The van der Waals surface area contributed by atoms with E-state index in [9.17, 15) is 19.2 Å². The number of pyridine rings is 1. The molecule has 2 atom stereocenters. The summed E-state index contributed by atoms with van der Waals surface area (Å²) in [7, 11) is 5.87. The summed E-state index contributed by atoms with van der Waals surface area (Å²) in [4.78, 5) is 54.5. The molecule has 3 heterocycles. The Morgan fingerprint density at radius 2 is 1.77 bits per heavy atom. The molecule has 2 amide bonds. The van der Waals surface area contributed by atoms with E-state index in [2.05, 4.69) is 16.0 Å². The quantitative estimate of drug-likeness (QED) is 0.247. The summed E-state index contributed by atoms with van der Waals surface area (Å²) in [5.74, 6) is 0.269. The van der Waals surface area contributed by atoms with E-state index in [1.807, 2.05) is 30.3 Å². The van der Waals surface area contributed by atoms with Crippen LogP contribution in [0.1, 0.15) is 46.8 Å². The summed E-state index contributed by atoms with van der Waals surface area (Å²) in [5.41, 5.74) is 3.63. The third kappa shape index (κ3) is 6.01. The van der Waals surface area contributed by atoms with Crippen molar-refractivity contribution in [2.45, 2.75) is 37.8 Å². The molecule has 1 aliphatic heterocycles. The van der Waals surface area contributed by atoms with Crippen LogP contribution in [0.5, 0.6) is 11.6 Å². The number of nitrogens with zero attached hydrogens (tertiary/aromatic N) is 3. The molecule has 3 N–H and O–H groups in total. The highest BCUT2D eigenvalue weighted by atomic mass is 35.5. The second-order valence-electron chi connectivity index (χ2n) is 11.7. The average Bonchev–Trinajstić information content (AvgIpc) is 3.69. The molecule has 0 saturated carbocycles. The summed E-state index contributed by atoms with van der Waals surface area (Å²) in [5, 5.41) is 9.78. The highest BCUT2D eigenvalue weighted by Gasteiger charge is 2.30. The van der Waals surface area contributed by atoms with E-state index in [-0.39, 0.29) is 23.6 Å². The fourth-order valence-electron chi connectivity index (χ4n) is 6.38. The van der Waals surface area contributed by atoms with Crippen LogP contribution in [0.3, 0.4) is 0 Å². The zero-order valence-electron chi connectivity index (χ0n) is 26.5. The molecule has 1 fully saturated rings. The molecule has 2 aliphatic rings. The van der Waals surface area contributed by atoms with Gasteiger partial charge in [0.15, 0.2) is 0 Å². The number of fused-ring (bicyclic) bond motifs is 1. The number of para-hydroxylation sites is 1. The van der Waals surface area contributed by atoms with E-state index in [0.717, 1.165) is 35.0 Å². The summed E-state index contributed by atoms with van der Waals surface area (Å²) in [6, 6.07) is 13.1. The third-order valence-electron chi connectivity index (χ3n) is 8.77. The predicted molar refractivity (Wildman–Crippen MR) is 178 cm³/mol. The Balaban J connectivity index is 1.31. The smallest absolute Gasteiger partial charge is 0.330 e. The maximum Gasteiger partial charge on any atom is 0.330 e. The molecule has 0 bridgehead atoms. The number of aromatic nitrogens is 3. The molecule has 4 aromatic rings. The number of methoxy groups -OCH3 is 2. The molecule has 0 radical (unpaired) electrons. The van der Waals surface area contributed by atoms with Crippen molar-refractivity contribution in [3.8, 4) is 34.0 Å². The molecule has 13 heteroatoms. The van der Waals surface area contributed by atoms with E-state index in [1.165, 1.54) is 32.0 Å². The van der Waals surface area contributed by atoms with Crippen molar-refractivity contribution in [1.29, 1.82) is 0 Å². The number of rotatable bonds is 9. The lowest BCUT2D eigenvalue weighted by Crippen LogP contribution is -2.40. The number of aryl methyl sites for hydroxylation is 2.